The molecule has 1 nitrogen and oxygen atoms in total. The molecular weight excluding hydrogens is 396 g/mol. The summed E-state index contributed by atoms with van der Waals surface area (Å²) >= 11 is 1.91. The van der Waals surface area contributed by atoms with Crippen molar-refractivity contribution in [3.05, 3.63) is 83.9 Å². The van der Waals surface area contributed by atoms with Crippen LogP contribution in [0, 0.1) is 6.92 Å². The molecule has 2 heteroatoms. The van der Waals surface area contributed by atoms with Gasteiger partial charge >= 0.3 is 0 Å². The smallest absolute Gasteiger partial charge is 0.136 e. The Kier molecular flexibility index (Phi) is 3.65. The van der Waals surface area contributed by atoms with Crippen LogP contribution in [0.4, 0.5) is 0 Å². The predicted octanol–water partition coefficient (Wildman–Crippen LogP) is 9.20. The van der Waals surface area contributed by atoms with E-state index in [4.69, 9.17) is 4.42 Å². The van der Waals surface area contributed by atoms with Crippen LogP contribution in [0.2, 0.25) is 0 Å². The lowest BCUT2D eigenvalue weighted by molar-refractivity contribution is 0.421. The van der Waals surface area contributed by atoms with Gasteiger partial charge in [-0.1, -0.05) is 55.0 Å². The fraction of sp³-hybridized carbons (Fsp3) is 0.172. The number of hydrogen-bond donors (Lipinski definition) is 0. The highest BCUT2D eigenvalue weighted by molar-refractivity contribution is 7.26. The number of rotatable bonds is 2. The van der Waals surface area contributed by atoms with E-state index in [1.54, 1.807) is 0 Å². The Morgan fingerprint density at radius 3 is 2.35 bits per heavy atom. The van der Waals surface area contributed by atoms with Crippen LogP contribution in [0.25, 0.3) is 53.2 Å². The zero-order valence-corrected chi connectivity index (χ0v) is 18.3. The van der Waals surface area contributed by atoms with Crippen molar-refractivity contribution in [2.75, 3.05) is 0 Å². The standard InChI is InChI=1S/C29H22OS/c1-17-7-2-3-10-19(17)26-20(18-8-6-9-18)13-15-24-28(26)29-25(31-24)16-14-23-27(29)21-11-4-5-12-22(21)30-23/h2-5,7,10-16,18H,6,8-9H2,1H3. The summed E-state index contributed by atoms with van der Waals surface area (Å²) in [5, 5.41) is 5.25. The summed E-state index contributed by atoms with van der Waals surface area (Å²) in [5.41, 5.74) is 7.65. The minimum Gasteiger partial charge on any atom is -0.456 e. The third-order valence-electron chi connectivity index (χ3n) is 7.13. The van der Waals surface area contributed by atoms with Gasteiger partial charge in [0.15, 0.2) is 0 Å². The van der Waals surface area contributed by atoms with E-state index in [0.29, 0.717) is 5.92 Å². The van der Waals surface area contributed by atoms with E-state index in [1.807, 2.05) is 11.3 Å². The normalized spacial score (nSPS) is 14.7. The largest absolute Gasteiger partial charge is 0.456 e. The summed E-state index contributed by atoms with van der Waals surface area (Å²) in [6, 6.07) is 26.5. The lowest BCUT2D eigenvalue weighted by Gasteiger charge is -2.29. The first-order valence-electron chi connectivity index (χ1n) is 11.1. The highest BCUT2D eigenvalue weighted by Crippen LogP contribution is 2.50. The van der Waals surface area contributed by atoms with Gasteiger partial charge in [0.2, 0.25) is 0 Å². The van der Waals surface area contributed by atoms with E-state index in [2.05, 4.69) is 79.7 Å². The second-order valence-corrected chi connectivity index (χ2v) is 9.94. The van der Waals surface area contributed by atoms with Gasteiger partial charge in [0, 0.05) is 30.9 Å². The van der Waals surface area contributed by atoms with Gasteiger partial charge < -0.3 is 4.42 Å². The van der Waals surface area contributed by atoms with Gasteiger partial charge in [0.25, 0.3) is 0 Å². The summed E-state index contributed by atoms with van der Waals surface area (Å²) in [6.45, 7) is 2.25. The second kappa shape index (κ2) is 6.45. The van der Waals surface area contributed by atoms with Crippen molar-refractivity contribution in [3.63, 3.8) is 0 Å². The van der Waals surface area contributed by atoms with E-state index >= 15 is 0 Å². The molecule has 0 saturated heterocycles. The molecule has 0 amide bonds. The number of thiophene rings is 1. The van der Waals surface area contributed by atoms with E-state index in [1.165, 1.54) is 72.5 Å². The molecule has 1 aliphatic rings. The van der Waals surface area contributed by atoms with E-state index in [-0.39, 0.29) is 0 Å². The van der Waals surface area contributed by atoms with E-state index in [9.17, 15) is 0 Å². The Morgan fingerprint density at radius 1 is 0.742 bits per heavy atom. The molecule has 2 heterocycles. The number of benzene rings is 4. The van der Waals surface area contributed by atoms with Crippen molar-refractivity contribution in [3.8, 4) is 11.1 Å². The average Bonchev–Trinajstić information content (AvgIpc) is 3.31. The zero-order valence-electron chi connectivity index (χ0n) is 17.4. The quantitative estimate of drug-likeness (QED) is 0.273. The van der Waals surface area contributed by atoms with Gasteiger partial charge in [0.05, 0.1) is 0 Å². The second-order valence-electron chi connectivity index (χ2n) is 8.86. The Labute approximate surface area is 184 Å². The average molecular weight is 419 g/mol. The molecule has 0 radical (unpaired) electrons. The summed E-state index contributed by atoms with van der Waals surface area (Å²) in [7, 11) is 0. The zero-order chi connectivity index (χ0) is 20.5. The van der Waals surface area contributed by atoms with Gasteiger partial charge in [-0.25, -0.2) is 0 Å². The minimum atomic E-state index is 0.675. The van der Waals surface area contributed by atoms with Crippen LogP contribution in [0.3, 0.4) is 0 Å². The van der Waals surface area contributed by atoms with Gasteiger partial charge in [0.1, 0.15) is 11.2 Å². The molecule has 1 saturated carbocycles. The third kappa shape index (κ3) is 2.43. The van der Waals surface area contributed by atoms with Gasteiger partial charge in [-0.05, 0) is 72.2 Å². The number of aryl methyl sites for hydroxylation is 1. The number of para-hydroxylation sites is 1. The van der Waals surface area contributed by atoms with Crippen molar-refractivity contribution < 1.29 is 4.42 Å². The SMILES string of the molecule is Cc1ccccc1-c1c(C2CCC2)ccc2sc3ccc4oc5ccccc5c4c3c12. The van der Waals surface area contributed by atoms with Crippen LogP contribution in [0.1, 0.15) is 36.3 Å². The lowest BCUT2D eigenvalue weighted by Crippen LogP contribution is -2.10. The number of furan rings is 1. The Bertz CT molecular complexity index is 1630. The molecule has 31 heavy (non-hydrogen) atoms. The molecule has 1 aliphatic carbocycles. The first-order chi connectivity index (χ1) is 15.3. The highest BCUT2D eigenvalue weighted by atomic mass is 32.1. The maximum absolute atomic E-state index is 6.26. The molecule has 4 aromatic carbocycles. The first-order valence-corrected chi connectivity index (χ1v) is 12.0. The summed E-state index contributed by atoms with van der Waals surface area (Å²) < 4.78 is 8.97. The fourth-order valence-electron chi connectivity index (χ4n) is 5.39. The highest BCUT2D eigenvalue weighted by Gasteiger charge is 2.26. The number of hydrogen-bond acceptors (Lipinski definition) is 2. The minimum absolute atomic E-state index is 0.675. The summed E-state index contributed by atoms with van der Waals surface area (Å²) in [5.74, 6) is 0.675. The summed E-state index contributed by atoms with van der Waals surface area (Å²) in [4.78, 5) is 0. The van der Waals surface area contributed by atoms with Crippen LogP contribution >= 0.6 is 11.3 Å². The first kappa shape index (κ1) is 17.6. The van der Waals surface area contributed by atoms with Crippen LogP contribution in [0.15, 0.2) is 77.2 Å². The Hall–Kier alpha value is -3.10. The van der Waals surface area contributed by atoms with E-state index < -0.39 is 0 Å². The molecule has 0 aliphatic heterocycles. The van der Waals surface area contributed by atoms with Crippen LogP contribution < -0.4 is 0 Å². The maximum atomic E-state index is 6.26. The van der Waals surface area contributed by atoms with Crippen LogP contribution in [-0.2, 0) is 0 Å². The monoisotopic (exact) mass is 418 g/mol. The molecule has 2 aromatic heterocycles. The van der Waals surface area contributed by atoms with E-state index in [0.717, 1.165) is 11.2 Å². The van der Waals surface area contributed by atoms with Crippen molar-refractivity contribution in [2.24, 2.45) is 0 Å². The van der Waals surface area contributed by atoms with Crippen molar-refractivity contribution in [1.29, 1.82) is 0 Å². The fourth-order valence-corrected chi connectivity index (χ4v) is 6.51. The molecule has 0 unspecified atom stereocenters. The Morgan fingerprint density at radius 2 is 1.52 bits per heavy atom. The van der Waals surface area contributed by atoms with Crippen LogP contribution in [0.5, 0.6) is 0 Å². The van der Waals surface area contributed by atoms with Crippen molar-refractivity contribution in [1.82, 2.24) is 0 Å². The molecule has 6 aromatic rings. The Balaban J connectivity index is 1.73. The van der Waals surface area contributed by atoms with Crippen LogP contribution in [-0.4, -0.2) is 0 Å². The predicted molar refractivity (Wildman–Crippen MR) is 133 cm³/mol. The molecular formula is C29H22OS. The maximum Gasteiger partial charge on any atom is 0.136 e. The molecule has 0 bridgehead atoms. The molecule has 0 spiro atoms. The van der Waals surface area contributed by atoms with Gasteiger partial charge in [-0.15, -0.1) is 11.3 Å². The van der Waals surface area contributed by atoms with Crippen molar-refractivity contribution in [2.45, 2.75) is 32.1 Å². The summed E-state index contributed by atoms with van der Waals surface area (Å²) in [6.07, 6.45) is 3.95. The number of fused-ring (bicyclic) bond motifs is 7. The van der Waals surface area contributed by atoms with Gasteiger partial charge in [-0.3, -0.25) is 0 Å². The van der Waals surface area contributed by atoms with Crippen molar-refractivity contribution >= 4 is 53.4 Å². The molecule has 7 rings (SSSR count). The topological polar surface area (TPSA) is 13.1 Å². The third-order valence-corrected chi connectivity index (χ3v) is 8.25. The van der Waals surface area contributed by atoms with Gasteiger partial charge in [-0.2, -0.15) is 0 Å². The molecule has 150 valence electrons. The lowest BCUT2D eigenvalue weighted by atomic mass is 9.76. The molecule has 0 atom stereocenters. The molecule has 0 N–H and O–H groups in total. The molecule has 1 fully saturated rings.